The van der Waals surface area contributed by atoms with Gasteiger partial charge in [0, 0.05) is 12.6 Å². The number of para-hydroxylation sites is 1. The van der Waals surface area contributed by atoms with Gasteiger partial charge in [-0.15, -0.1) is 0 Å². The van der Waals surface area contributed by atoms with Gasteiger partial charge in [0.1, 0.15) is 0 Å². The Balaban J connectivity index is 2.19. The Morgan fingerprint density at radius 2 is 2.15 bits per heavy atom. The van der Waals surface area contributed by atoms with Crippen LogP contribution >= 0.6 is 0 Å². The van der Waals surface area contributed by atoms with Gasteiger partial charge in [-0.05, 0) is 37.3 Å². The van der Waals surface area contributed by atoms with Gasteiger partial charge in [0.05, 0.1) is 12.7 Å². The maximum absolute atomic E-state index is 12.6. The van der Waals surface area contributed by atoms with Gasteiger partial charge in [0.2, 0.25) is 0 Å². The number of amides is 1. The van der Waals surface area contributed by atoms with Crippen molar-refractivity contribution in [1.29, 1.82) is 0 Å². The number of aromatic hydroxyl groups is 1. The van der Waals surface area contributed by atoms with Crippen LogP contribution < -0.4 is 4.74 Å². The molecule has 1 N–H and O–H groups in total. The lowest BCUT2D eigenvalue weighted by Crippen LogP contribution is -2.34. The van der Waals surface area contributed by atoms with Crippen molar-refractivity contribution in [2.45, 2.75) is 39.2 Å². The first-order chi connectivity index (χ1) is 9.54. The van der Waals surface area contributed by atoms with Gasteiger partial charge in [-0.2, -0.15) is 0 Å². The highest BCUT2D eigenvalue weighted by Gasteiger charge is 2.34. The first kappa shape index (κ1) is 14.7. The largest absolute Gasteiger partial charge is 0.504 e. The zero-order chi connectivity index (χ0) is 14.7. The van der Waals surface area contributed by atoms with E-state index in [-0.39, 0.29) is 11.7 Å². The van der Waals surface area contributed by atoms with Crippen molar-refractivity contribution in [2.24, 2.45) is 5.92 Å². The Labute approximate surface area is 120 Å². The summed E-state index contributed by atoms with van der Waals surface area (Å²) in [5.41, 5.74) is 0.333. The van der Waals surface area contributed by atoms with E-state index in [9.17, 15) is 9.90 Å². The molecular weight excluding hydrogens is 254 g/mol. The van der Waals surface area contributed by atoms with Crippen molar-refractivity contribution < 1.29 is 14.6 Å². The first-order valence-corrected chi connectivity index (χ1v) is 7.21. The van der Waals surface area contributed by atoms with E-state index in [2.05, 4.69) is 13.8 Å². The summed E-state index contributed by atoms with van der Waals surface area (Å²) in [7, 11) is 1.49. The molecule has 4 nitrogen and oxygen atoms in total. The average molecular weight is 277 g/mol. The van der Waals surface area contributed by atoms with Crippen LogP contribution in [-0.4, -0.2) is 35.6 Å². The van der Waals surface area contributed by atoms with Crippen LogP contribution in [0.1, 0.15) is 43.5 Å². The summed E-state index contributed by atoms with van der Waals surface area (Å²) < 4.78 is 5.07. The van der Waals surface area contributed by atoms with Gasteiger partial charge in [-0.25, -0.2) is 0 Å². The van der Waals surface area contributed by atoms with Crippen LogP contribution in [0.3, 0.4) is 0 Å². The lowest BCUT2D eigenvalue weighted by Gasteiger charge is -2.24. The van der Waals surface area contributed by atoms with Gasteiger partial charge in [-0.3, -0.25) is 4.79 Å². The van der Waals surface area contributed by atoms with Crippen LogP contribution in [0.25, 0.3) is 0 Å². The summed E-state index contributed by atoms with van der Waals surface area (Å²) in [6.45, 7) is 5.05. The molecule has 1 aliphatic carbocycles. The van der Waals surface area contributed by atoms with Gasteiger partial charge >= 0.3 is 0 Å². The quantitative estimate of drug-likeness (QED) is 0.869. The van der Waals surface area contributed by atoms with Crippen LogP contribution in [0, 0.1) is 5.92 Å². The van der Waals surface area contributed by atoms with E-state index in [4.69, 9.17) is 4.74 Å². The molecule has 1 aromatic rings. The molecule has 0 spiro atoms. The van der Waals surface area contributed by atoms with E-state index < -0.39 is 0 Å². The highest BCUT2D eigenvalue weighted by atomic mass is 16.5. The normalized spacial score (nSPS) is 14.4. The fraction of sp³-hybridized carbons (Fsp3) is 0.562. The van der Waals surface area contributed by atoms with Gasteiger partial charge in [0.15, 0.2) is 11.5 Å². The third-order valence-electron chi connectivity index (χ3n) is 3.65. The number of hydrogen-bond acceptors (Lipinski definition) is 3. The van der Waals surface area contributed by atoms with E-state index in [1.165, 1.54) is 7.11 Å². The van der Waals surface area contributed by atoms with Crippen molar-refractivity contribution in [3.63, 3.8) is 0 Å². The molecule has 1 aromatic carbocycles. The maximum atomic E-state index is 12.6. The summed E-state index contributed by atoms with van der Waals surface area (Å²) in [5.74, 6) is 0.748. The predicted molar refractivity (Wildman–Crippen MR) is 78.2 cm³/mol. The number of methoxy groups -OCH3 is 1. The average Bonchev–Trinajstić information content (AvgIpc) is 3.23. The fourth-order valence-corrected chi connectivity index (χ4v) is 2.25. The Hall–Kier alpha value is -1.71. The number of phenolic OH excluding ortho intramolecular Hbond substituents is 1. The first-order valence-electron chi connectivity index (χ1n) is 7.21. The molecule has 4 heteroatoms. The number of phenols is 1. The molecule has 1 saturated carbocycles. The number of carbonyl (C=O) groups is 1. The number of ether oxygens (including phenoxy) is 1. The second-order valence-electron chi connectivity index (χ2n) is 5.77. The van der Waals surface area contributed by atoms with Crippen molar-refractivity contribution in [2.75, 3.05) is 13.7 Å². The summed E-state index contributed by atoms with van der Waals surface area (Å²) in [4.78, 5) is 14.5. The SMILES string of the molecule is COc1cccc(C(=O)N(CCC(C)C)C2CC2)c1O. The van der Waals surface area contributed by atoms with E-state index >= 15 is 0 Å². The number of rotatable bonds is 6. The molecule has 0 radical (unpaired) electrons. The number of hydrogen-bond donors (Lipinski definition) is 1. The van der Waals surface area contributed by atoms with E-state index in [0.717, 1.165) is 25.8 Å². The Morgan fingerprint density at radius 3 is 2.70 bits per heavy atom. The molecule has 20 heavy (non-hydrogen) atoms. The minimum atomic E-state index is -0.0930. The van der Waals surface area contributed by atoms with E-state index in [0.29, 0.717) is 23.3 Å². The van der Waals surface area contributed by atoms with Gasteiger partial charge in [-0.1, -0.05) is 19.9 Å². The van der Waals surface area contributed by atoms with Crippen LogP contribution in [0.4, 0.5) is 0 Å². The van der Waals surface area contributed by atoms with Gasteiger partial charge < -0.3 is 14.7 Å². The molecule has 0 aliphatic heterocycles. The third kappa shape index (κ3) is 3.24. The van der Waals surface area contributed by atoms with Crippen LogP contribution in [0.5, 0.6) is 11.5 Å². The number of nitrogens with zero attached hydrogens (tertiary/aromatic N) is 1. The number of carbonyl (C=O) groups excluding carboxylic acids is 1. The minimum absolute atomic E-state index is 0.0600. The van der Waals surface area contributed by atoms with Crippen molar-refractivity contribution in [3.05, 3.63) is 23.8 Å². The molecule has 0 saturated heterocycles. The lowest BCUT2D eigenvalue weighted by molar-refractivity contribution is 0.0731. The van der Waals surface area contributed by atoms with Gasteiger partial charge in [0.25, 0.3) is 5.91 Å². The molecule has 1 fully saturated rings. The van der Waals surface area contributed by atoms with E-state index in [1.807, 2.05) is 4.90 Å². The molecule has 2 rings (SSSR count). The van der Waals surface area contributed by atoms with Crippen LogP contribution in [0.15, 0.2) is 18.2 Å². The molecule has 1 aliphatic rings. The predicted octanol–water partition coefficient (Wildman–Crippen LogP) is 3.05. The fourth-order valence-electron chi connectivity index (χ4n) is 2.25. The topological polar surface area (TPSA) is 49.8 Å². The minimum Gasteiger partial charge on any atom is -0.504 e. The maximum Gasteiger partial charge on any atom is 0.258 e. The van der Waals surface area contributed by atoms with E-state index in [1.54, 1.807) is 18.2 Å². The highest BCUT2D eigenvalue weighted by molar-refractivity contribution is 5.98. The zero-order valence-corrected chi connectivity index (χ0v) is 12.4. The summed E-state index contributed by atoms with van der Waals surface area (Å²) in [6, 6.07) is 5.39. The summed E-state index contributed by atoms with van der Waals surface area (Å²) >= 11 is 0. The molecular formula is C16H23NO3. The Kier molecular flexibility index (Phi) is 4.53. The molecule has 0 aromatic heterocycles. The molecule has 0 atom stereocenters. The van der Waals surface area contributed by atoms with Crippen molar-refractivity contribution in [3.8, 4) is 11.5 Å². The standard InChI is InChI=1S/C16H23NO3/c1-11(2)9-10-17(12-7-8-12)16(19)13-5-4-6-14(20-3)15(13)18/h4-6,11-12,18H,7-10H2,1-3H3. The zero-order valence-electron chi connectivity index (χ0n) is 12.4. The lowest BCUT2D eigenvalue weighted by atomic mass is 10.1. The van der Waals surface area contributed by atoms with Crippen LogP contribution in [0.2, 0.25) is 0 Å². The van der Waals surface area contributed by atoms with Crippen LogP contribution in [-0.2, 0) is 0 Å². The molecule has 0 bridgehead atoms. The summed E-state index contributed by atoms with van der Waals surface area (Å²) in [5, 5.41) is 10.1. The van der Waals surface area contributed by atoms with Crippen molar-refractivity contribution in [1.82, 2.24) is 4.90 Å². The molecule has 0 unspecified atom stereocenters. The molecule has 0 heterocycles. The molecule has 110 valence electrons. The number of benzene rings is 1. The van der Waals surface area contributed by atoms with Crippen molar-refractivity contribution >= 4 is 5.91 Å². The Bertz CT molecular complexity index is 481. The molecule has 1 amide bonds. The smallest absolute Gasteiger partial charge is 0.258 e. The summed E-state index contributed by atoms with van der Waals surface area (Å²) in [6.07, 6.45) is 3.11. The second kappa shape index (κ2) is 6.16. The monoisotopic (exact) mass is 277 g/mol. The third-order valence-corrected chi connectivity index (χ3v) is 3.65. The highest BCUT2D eigenvalue weighted by Crippen LogP contribution is 2.34. The second-order valence-corrected chi connectivity index (χ2v) is 5.77. The Morgan fingerprint density at radius 1 is 1.45 bits per heavy atom.